The van der Waals surface area contributed by atoms with E-state index in [0.717, 1.165) is 18.2 Å². The van der Waals surface area contributed by atoms with Gasteiger partial charge in [0.2, 0.25) is 5.75 Å². The number of non-ortho nitro benzene ring substituents is 1. The molecule has 2 amide bonds. The van der Waals surface area contributed by atoms with Crippen molar-refractivity contribution in [2.45, 2.75) is 6.92 Å². The number of ether oxygens (including phenoxy) is 2. The third kappa shape index (κ3) is 7.07. The van der Waals surface area contributed by atoms with Crippen molar-refractivity contribution >= 4 is 46.4 Å². The molecule has 4 aromatic rings. The predicted molar refractivity (Wildman–Crippen MR) is 151 cm³/mol. The highest BCUT2D eigenvalue weighted by atomic mass is 32.1. The maximum Gasteiger partial charge on any atom is 0.318 e. The number of carbonyl (C=O) groups is 2. The van der Waals surface area contributed by atoms with Gasteiger partial charge in [0.25, 0.3) is 17.5 Å². The van der Waals surface area contributed by atoms with Crippen LogP contribution in [0.3, 0.4) is 0 Å². The summed E-state index contributed by atoms with van der Waals surface area (Å²) in [5.74, 6) is -0.759. The second kappa shape index (κ2) is 12.9. The number of hydrogen-bond donors (Lipinski definition) is 2. The zero-order valence-corrected chi connectivity index (χ0v) is 22.1. The van der Waals surface area contributed by atoms with Gasteiger partial charge in [-0.25, -0.2) is 5.43 Å². The van der Waals surface area contributed by atoms with Crippen molar-refractivity contribution in [3.05, 3.63) is 114 Å². The quantitative estimate of drug-likeness (QED) is 0.129. The van der Waals surface area contributed by atoms with Gasteiger partial charge in [0.1, 0.15) is 0 Å². The summed E-state index contributed by atoms with van der Waals surface area (Å²) < 4.78 is 11.3. The molecule has 1 heterocycles. The Bertz CT molecular complexity index is 1640. The second-order valence-corrected chi connectivity index (χ2v) is 9.03. The minimum absolute atomic E-state index is 0.125. The lowest BCUT2D eigenvalue weighted by Crippen LogP contribution is -2.21. The monoisotopic (exact) mass is 575 g/mol. The van der Waals surface area contributed by atoms with Crippen LogP contribution in [0.5, 0.6) is 17.2 Å². The molecule has 2 N–H and O–H groups in total. The summed E-state index contributed by atoms with van der Waals surface area (Å²) in [7, 11) is 0. The highest BCUT2D eigenvalue weighted by molar-refractivity contribution is 7.12. The molecule has 0 aliphatic heterocycles. The van der Waals surface area contributed by atoms with Crippen molar-refractivity contribution in [2.75, 3.05) is 11.9 Å². The van der Waals surface area contributed by atoms with Gasteiger partial charge in [0, 0.05) is 6.07 Å². The fourth-order valence-corrected chi connectivity index (χ4v) is 4.15. The normalized spacial score (nSPS) is 10.7. The van der Waals surface area contributed by atoms with E-state index in [1.165, 1.54) is 23.6 Å². The maximum atomic E-state index is 12.8. The van der Waals surface area contributed by atoms with Crippen molar-refractivity contribution in [1.29, 1.82) is 0 Å². The third-order valence-corrected chi connectivity index (χ3v) is 6.25. The number of hydrogen-bond acceptors (Lipinski definition) is 10. The molecule has 1 aromatic heterocycles. The number of anilines is 1. The Morgan fingerprint density at radius 2 is 1.71 bits per heavy atom. The number of thiophene rings is 1. The van der Waals surface area contributed by atoms with Crippen LogP contribution >= 0.6 is 11.3 Å². The Morgan fingerprint density at radius 3 is 2.41 bits per heavy atom. The number of nitro groups is 2. The average molecular weight is 576 g/mol. The smallest absolute Gasteiger partial charge is 0.318 e. The summed E-state index contributed by atoms with van der Waals surface area (Å²) in [6.07, 6.45) is 1.35. The lowest BCUT2D eigenvalue weighted by atomic mass is 10.1. The van der Waals surface area contributed by atoms with Crippen LogP contribution in [0.15, 0.2) is 83.3 Å². The van der Waals surface area contributed by atoms with E-state index < -0.39 is 27.1 Å². The van der Waals surface area contributed by atoms with E-state index in [0.29, 0.717) is 16.1 Å². The van der Waals surface area contributed by atoms with Gasteiger partial charge in [0.05, 0.1) is 44.9 Å². The Hall–Kier alpha value is -5.63. The SMILES string of the molecule is CCOc1cc(C=NNC(=O)c2ccccc2NC(=O)c2cccs2)ccc1Oc1ccc([N+](=O)[O-])cc1[N+](=O)[O-]. The average Bonchev–Trinajstić information content (AvgIpc) is 3.50. The van der Waals surface area contributed by atoms with Gasteiger partial charge in [0.15, 0.2) is 11.5 Å². The van der Waals surface area contributed by atoms with Crippen LogP contribution in [0, 0.1) is 20.2 Å². The minimum Gasteiger partial charge on any atom is -0.490 e. The Balaban J connectivity index is 1.49. The van der Waals surface area contributed by atoms with Crippen LogP contribution < -0.4 is 20.2 Å². The molecular formula is C27H21N5O8S. The van der Waals surface area contributed by atoms with E-state index >= 15 is 0 Å². The molecule has 0 bridgehead atoms. The zero-order valence-electron chi connectivity index (χ0n) is 21.3. The van der Waals surface area contributed by atoms with E-state index in [1.807, 2.05) is 0 Å². The van der Waals surface area contributed by atoms with Crippen molar-refractivity contribution in [1.82, 2.24) is 5.43 Å². The first-order valence-corrected chi connectivity index (χ1v) is 12.8. The number of carbonyl (C=O) groups excluding carboxylic acids is 2. The van der Waals surface area contributed by atoms with Gasteiger partial charge in [-0.3, -0.25) is 29.8 Å². The van der Waals surface area contributed by atoms with E-state index in [2.05, 4.69) is 15.8 Å². The number of amides is 2. The van der Waals surface area contributed by atoms with Crippen molar-refractivity contribution in [3.8, 4) is 17.2 Å². The first kappa shape index (κ1) is 28.4. The Morgan fingerprint density at radius 1 is 0.927 bits per heavy atom. The van der Waals surface area contributed by atoms with Crippen molar-refractivity contribution in [2.24, 2.45) is 5.10 Å². The maximum absolute atomic E-state index is 12.8. The van der Waals surface area contributed by atoms with Crippen LogP contribution in [-0.2, 0) is 0 Å². The summed E-state index contributed by atoms with van der Waals surface area (Å²) >= 11 is 1.28. The highest BCUT2D eigenvalue weighted by Gasteiger charge is 2.22. The Kier molecular flexibility index (Phi) is 8.96. The van der Waals surface area contributed by atoms with E-state index in [4.69, 9.17) is 9.47 Å². The molecule has 0 aliphatic rings. The fourth-order valence-electron chi connectivity index (χ4n) is 3.53. The van der Waals surface area contributed by atoms with Crippen molar-refractivity contribution in [3.63, 3.8) is 0 Å². The van der Waals surface area contributed by atoms with Crippen LogP contribution in [0.1, 0.15) is 32.5 Å². The summed E-state index contributed by atoms with van der Waals surface area (Å²) in [6.45, 7) is 1.97. The molecule has 0 unspecified atom stereocenters. The van der Waals surface area contributed by atoms with Crippen LogP contribution in [0.25, 0.3) is 0 Å². The molecule has 13 nitrogen and oxygen atoms in total. The second-order valence-electron chi connectivity index (χ2n) is 8.08. The minimum atomic E-state index is -0.780. The van der Waals surface area contributed by atoms with E-state index in [1.54, 1.807) is 60.8 Å². The number of para-hydroxylation sites is 1. The van der Waals surface area contributed by atoms with Gasteiger partial charge >= 0.3 is 5.69 Å². The van der Waals surface area contributed by atoms with Gasteiger partial charge < -0.3 is 14.8 Å². The van der Waals surface area contributed by atoms with Gasteiger partial charge in [-0.05, 0) is 60.3 Å². The number of nitro benzene ring substituents is 2. The molecule has 0 aliphatic carbocycles. The molecule has 14 heteroatoms. The lowest BCUT2D eigenvalue weighted by Gasteiger charge is -2.12. The predicted octanol–water partition coefficient (Wildman–Crippen LogP) is 5.77. The molecule has 208 valence electrons. The molecule has 0 radical (unpaired) electrons. The van der Waals surface area contributed by atoms with Crippen LogP contribution in [-0.4, -0.2) is 34.5 Å². The number of hydrazone groups is 1. The molecule has 0 spiro atoms. The fraction of sp³-hybridized carbons (Fsp3) is 0.0741. The molecule has 0 saturated carbocycles. The largest absolute Gasteiger partial charge is 0.490 e. The molecule has 3 aromatic carbocycles. The summed E-state index contributed by atoms with van der Waals surface area (Å²) in [5.41, 5.74) is 2.41. The Labute approximate surface area is 236 Å². The van der Waals surface area contributed by atoms with E-state index in [9.17, 15) is 29.8 Å². The molecule has 0 saturated heterocycles. The third-order valence-electron chi connectivity index (χ3n) is 5.38. The highest BCUT2D eigenvalue weighted by Crippen LogP contribution is 2.38. The number of rotatable bonds is 11. The first-order valence-electron chi connectivity index (χ1n) is 11.9. The standard InChI is InChI=1S/C27H21N5O8S/c1-2-39-24-14-17(9-11-23(24)40-22-12-10-18(31(35)36)15-21(22)32(37)38)16-28-30-26(33)19-6-3-4-7-20(19)29-27(34)25-8-5-13-41-25/h3-16H,2H2,1H3,(H,29,34)(H,30,33). The van der Waals surface area contributed by atoms with Crippen LogP contribution in [0.4, 0.5) is 17.1 Å². The molecule has 4 rings (SSSR count). The van der Waals surface area contributed by atoms with Gasteiger partial charge in [-0.15, -0.1) is 11.3 Å². The van der Waals surface area contributed by atoms with Gasteiger partial charge in [-0.1, -0.05) is 18.2 Å². The molecule has 0 atom stereocenters. The van der Waals surface area contributed by atoms with Gasteiger partial charge in [-0.2, -0.15) is 5.10 Å². The summed E-state index contributed by atoms with van der Waals surface area (Å²) in [6, 6.07) is 17.6. The number of nitrogens with one attached hydrogen (secondary N) is 2. The van der Waals surface area contributed by atoms with Crippen molar-refractivity contribution < 1.29 is 28.9 Å². The number of nitrogens with zero attached hydrogens (tertiary/aromatic N) is 3. The molecule has 0 fully saturated rings. The first-order chi connectivity index (χ1) is 19.8. The summed E-state index contributed by atoms with van der Waals surface area (Å²) in [5, 5.41) is 30.9. The number of benzene rings is 3. The van der Waals surface area contributed by atoms with E-state index in [-0.39, 0.29) is 35.3 Å². The summed E-state index contributed by atoms with van der Waals surface area (Å²) in [4.78, 5) is 46.6. The molecular weight excluding hydrogens is 554 g/mol. The molecule has 41 heavy (non-hydrogen) atoms. The lowest BCUT2D eigenvalue weighted by molar-refractivity contribution is -0.394. The zero-order chi connectivity index (χ0) is 29.4. The van der Waals surface area contributed by atoms with Crippen LogP contribution in [0.2, 0.25) is 0 Å². The topological polar surface area (TPSA) is 175 Å².